The molecule has 0 aliphatic carbocycles. The zero-order chi connectivity index (χ0) is 21.4. The van der Waals surface area contributed by atoms with Crippen LogP contribution in [0.2, 0.25) is 0 Å². The van der Waals surface area contributed by atoms with Gasteiger partial charge in [0.05, 0.1) is 0 Å². The van der Waals surface area contributed by atoms with Crippen molar-refractivity contribution in [3.8, 4) is 0 Å². The van der Waals surface area contributed by atoms with Crippen LogP contribution in [0.3, 0.4) is 0 Å². The van der Waals surface area contributed by atoms with Gasteiger partial charge in [-0.1, -0.05) is 55.8 Å². The molecule has 0 spiro atoms. The van der Waals surface area contributed by atoms with Crippen molar-refractivity contribution in [3.05, 3.63) is 70.8 Å². The fourth-order valence-corrected chi connectivity index (χ4v) is 3.14. The fourth-order valence-electron chi connectivity index (χ4n) is 3.14. The monoisotopic (exact) mass is 394 g/mol. The molecule has 2 aromatic carbocycles. The minimum Gasteiger partial charge on any atom is -0.356 e. The lowest BCUT2D eigenvalue weighted by Crippen LogP contribution is -2.44. The van der Waals surface area contributed by atoms with Gasteiger partial charge in [0.25, 0.3) is 5.91 Å². The Hall–Kier alpha value is -2.82. The molecule has 0 atom stereocenters. The molecule has 0 aromatic heterocycles. The molecule has 0 radical (unpaired) electrons. The molecule has 0 saturated heterocycles. The van der Waals surface area contributed by atoms with Crippen LogP contribution in [0.25, 0.3) is 0 Å². The van der Waals surface area contributed by atoms with Crippen LogP contribution < -0.4 is 10.6 Å². The van der Waals surface area contributed by atoms with Crippen LogP contribution in [0, 0.1) is 6.92 Å². The van der Waals surface area contributed by atoms with E-state index in [1.807, 2.05) is 24.3 Å². The molecule has 29 heavy (non-hydrogen) atoms. The van der Waals surface area contributed by atoms with E-state index >= 15 is 0 Å². The Balaban J connectivity index is 1.88. The molecule has 0 fully saturated rings. The lowest BCUT2D eigenvalue weighted by molar-refractivity contribution is 0.0827. The Kier molecular flexibility index (Phi) is 7.82. The second kappa shape index (κ2) is 10.1. The van der Waals surface area contributed by atoms with Crippen LogP contribution in [-0.4, -0.2) is 51.0 Å². The molecule has 0 saturated carbocycles. The average molecular weight is 395 g/mol. The second-order valence-corrected chi connectivity index (χ2v) is 8.26. The molecule has 2 N–H and O–H groups in total. The van der Waals surface area contributed by atoms with Gasteiger partial charge in [-0.25, -0.2) is 0 Å². The number of aliphatic imine (C=N–C) groups is 1. The van der Waals surface area contributed by atoms with Crippen molar-refractivity contribution in [1.82, 2.24) is 15.5 Å². The minimum atomic E-state index is -0.00941. The van der Waals surface area contributed by atoms with Gasteiger partial charge in [0.15, 0.2) is 5.96 Å². The van der Waals surface area contributed by atoms with Gasteiger partial charge in [-0.15, -0.1) is 0 Å². The number of guanidine groups is 1. The highest BCUT2D eigenvalue weighted by molar-refractivity contribution is 5.94. The maximum Gasteiger partial charge on any atom is 0.253 e. The zero-order valence-electron chi connectivity index (χ0n) is 18.5. The first kappa shape index (κ1) is 22.5. The van der Waals surface area contributed by atoms with Crippen molar-refractivity contribution in [2.75, 3.05) is 34.2 Å². The smallest absolute Gasteiger partial charge is 0.253 e. The summed E-state index contributed by atoms with van der Waals surface area (Å²) in [5, 5.41) is 6.80. The van der Waals surface area contributed by atoms with Crippen molar-refractivity contribution in [2.24, 2.45) is 4.99 Å². The maximum atomic E-state index is 12.1. The first-order valence-electron chi connectivity index (χ1n) is 10.0. The summed E-state index contributed by atoms with van der Waals surface area (Å²) >= 11 is 0. The molecular formula is C24H34N4O. The normalized spacial score (nSPS) is 11.9. The summed E-state index contributed by atoms with van der Waals surface area (Å²) in [5.41, 5.74) is 4.41. The van der Waals surface area contributed by atoms with Gasteiger partial charge in [0, 0.05) is 45.2 Å². The van der Waals surface area contributed by atoms with Crippen molar-refractivity contribution < 1.29 is 4.79 Å². The van der Waals surface area contributed by atoms with Gasteiger partial charge in [-0.2, -0.15) is 0 Å². The first-order valence-corrected chi connectivity index (χ1v) is 10.0. The fraction of sp³-hybridized carbons (Fsp3) is 0.417. The van der Waals surface area contributed by atoms with Crippen LogP contribution in [0.4, 0.5) is 0 Å². The molecule has 0 heterocycles. The van der Waals surface area contributed by atoms with Crippen molar-refractivity contribution in [2.45, 2.75) is 32.6 Å². The highest BCUT2D eigenvalue weighted by atomic mass is 16.2. The first-order chi connectivity index (χ1) is 13.7. The van der Waals surface area contributed by atoms with E-state index in [1.54, 1.807) is 26.0 Å². The second-order valence-electron chi connectivity index (χ2n) is 8.26. The number of nitrogens with one attached hydrogen (secondary N) is 2. The van der Waals surface area contributed by atoms with E-state index in [-0.39, 0.29) is 11.3 Å². The van der Waals surface area contributed by atoms with E-state index in [1.165, 1.54) is 11.1 Å². The minimum absolute atomic E-state index is 0.00941. The van der Waals surface area contributed by atoms with E-state index in [4.69, 9.17) is 0 Å². The Morgan fingerprint density at radius 3 is 2.45 bits per heavy atom. The lowest BCUT2D eigenvalue weighted by Gasteiger charge is -2.27. The summed E-state index contributed by atoms with van der Waals surface area (Å²) in [6.45, 7) is 8.10. The third-order valence-electron chi connectivity index (χ3n) is 5.01. The van der Waals surface area contributed by atoms with E-state index in [0.717, 1.165) is 36.6 Å². The molecule has 2 rings (SSSR count). The number of hydrogen-bond acceptors (Lipinski definition) is 2. The van der Waals surface area contributed by atoms with Crippen LogP contribution in [0.15, 0.2) is 53.5 Å². The van der Waals surface area contributed by atoms with Gasteiger partial charge < -0.3 is 15.5 Å². The van der Waals surface area contributed by atoms with Crippen molar-refractivity contribution in [3.63, 3.8) is 0 Å². The Bertz CT molecular complexity index is 855. The quantitative estimate of drug-likeness (QED) is 0.559. The standard InChI is InChI=1S/C24H34N4O/c1-18-9-7-12-21(15-18)24(2,3)17-27-23(25-4)26-14-13-19-10-8-11-20(16-19)22(29)28(5)6/h7-12,15-16H,13-14,17H2,1-6H3,(H2,25,26,27). The number of carbonyl (C=O) groups is 1. The largest absolute Gasteiger partial charge is 0.356 e. The van der Waals surface area contributed by atoms with Gasteiger partial charge in [-0.3, -0.25) is 9.79 Å². The zero-order valence-corrected chi connectivity index (χ0v) is 18.5. The number of amides is 1. The van der Waals surface area contributed by atoms with E-state index in [0.29, 0.717) is 0 Å². The van der Waals surface area contributed by atoms with Gasteiger partial charge in [0.2, 0.25) is 0 Å². The molecular weight excluding hydrogens is 360 g/mol. The summed E-state index contributed by atoms with van der Waals surface area (Å²) in [6.07, 6.45) is 0.816. The lowest BCUT2D eigenvalue weighted by atomic mass is 9.84. The third-order valence-corrected chi connectivity index (χ3v) is 5.01. The average Bonchev–Trinajstić information content (AvgIpc) is 2.70. The van der Waals surface area contributed by atoms with E-state index < -0.39 is 0 Å². The van der Waals surface area contributed by atoms with Crippen molar-refractivity contribution in [1.29, 1.82) is 0 Å². The van der Waals surface area contributed by atoms with Crippen LogP contribution in [0.5, 0.6) is 0 Å². The molecule has 5 nitrogen and oxygen atoms in total. The summed E-state index contributed by atoms with van der Waals surface area (Å²) in [5.74, 6) is 0.807. The number of carbonyl (C=O) groups excluding carboxylic acids is 1. The number of aryl methyl sites for hydroxylation is 1. The van der Waals surface area contributed by atoms with E-state index in [9.17, 15) is 4.79 Å². The molecule has 0 unspecified atom stereocenters. The number of nitrogens with zero attached hydrogens (tertiary/aromatic N) is 2. The summed E-state index contributed by atoms with van der Waals surface area (Å²) < 4.78 is 0. The number of benzene rings is 2. The molecule has 0 aliphatic heterocycles. The number of rotatable bonds is 7. The predicted molar refractivity (Wildman–Crippen MR) is 122 cm³/mol. The third kappa shape index (κ3) is 6.63. The van der Waals surface area contributed by atoms with Crippen molar-refractivity contribution >= 4 is 11.9 Å². The maximum absolute atomic E-state index is 12.1. The molecule has 0 bridgehead atoms. The van der Waals surface area contributed by atoms with Gasteiger partial charge in [-0.05, 0) is 36.6 Å². The summed E-state index contributed by atoms with van der Waals surface area (Å²) in [4.78, 5) is 18.1. The Morgan fingerprint density at radius 1 is 1.07 bits per heavy atom. The van der Waals surface area contributed by atoms with Gasteiger partial charge >= 0.3 is 0 Å². The molecule has 5 heteroatoms. The highest BCUT2D eigenvalue weighted by Crippen LogP contribution is 2.22. The Labute approximate surface area is 175 Å². The predicted octanol–water partition coefficient (Wildman–Crippen LogP) is 3.38. The van der Waals surface area contributed by atoms with E-state index in [2.05, 4.69) is 60.7 Å². The molecule has 2 aromatic rings. The van der Waals surface area contributed by atoms with Crippen LogP contribution in [-0.2, 0) is 11.8 Å². The van der Waals surface area contributed by atoms with Crippen LogP contribution >= 0.6 is 0 Å². The van der Waals surface area contributed by atoms with Crippen LogP contribution in [0.1, 0.15) is 40.9 Å². The SMILES string of the molecule is CN=C(NCCc1cccc(C(=O)N(C)C)c1)NCC(C)(C)c1cccc(C)c1. The molecule has 1 amide bonds. The Morgan fingerprint density at radius 2 is 1.79 bits per heavy atom. The summed E-state index contributed by atoms with van der Waals surface area (Å²) in [6, 6.07) is 16.4. The topological polar surface area (TPSA) is 56.7 Å². The summed E-state index contributed by atoms with van der Waals surface area (Å²) in [7, 11) is 5.32. The molecule has 0 aliphatic rings. The molecule has 156 valence electrons. The number of hydrogen-bond donors (Lipinski definition) is 2. The highest BCUT2D eigenvalue weighted by Gasteiger charge is 2.21. The van der Waals surface area contributed by atoms with Gasteiger partial charge in [0.1, 0.15) is 0 Å².